The molecule has 5 nitrogen and oxygen atoms in total. The number of carbonyl (C=O) groups is 2. The number of hydrogen-bond donors (Lipinski definition) is 1. The largest absolute Gasteiger partial charge is 0.312 e. The summed E-state index contributed by atoms with van der Waals surface area (Å²) in [7, 11) is 0. The van der Waals surface area contributed by atoms with Crippen LogP contribution in [0.3, 0.4) is 0 Å². The number of nitrogens with zero attached hydrogens (tertiary/aromatic N) is 2. The van der Waals surface area contributed by atoms with Crippen LogP contribution in [0.25, 0.3) is 0 Å². The highest BCUT2D eigenvalue weighted by Crippen LogP contribution is 2.25. The van der Waals surface area contributed by atoms with Crippen LogP contribution in [-0.2, 0) is 9.59 Å². The molecule has 0 radical (unpaired) electrons. The number of halogens is 1. The Morgan fingerprint density at radius 2 is 1.85 bits per heavy atom. The van der Waals surface area contributed by atoms with Gasteiger partial charge in [0.2, 0.25) is 11.8 Å². The van der Waals surface area contributed by atoms with Crippen LogP contribution >= 0.6 is 0 Å². The average Bonchev–Trinajstić information content (AvgIpc) is 3.04. The van der Waals surface area contributed by atoms with Gasteiger partial charge in [-0.05, 0) is 41.3 Å². The van der Waals surface area contributed by atoms with E-state index >= 15 is 0 Å². The van der Waals surface area contributed by atoms with E-state index in [-0.39, 0.29) is 30.6 Å². The molecule has 1 saturated heterocycles. The van der Waals surface area contributed by atoms with E-state index in [1.54, 1.807) is 6.21 Å². The average molecular weight is 367 g/mol. The van der Waals surface area contributed by atoms with Gasteiger partial charge < -0.3 is 4.90 Å². The second-order valence-electron chi connectivity index (χ2n) is 6.94. The maximum absolute atomic E-state index is 13.0. The molecule has 1 aliphatic heterocycles. The fourth-order valence-electron chi connectivity index (χ4n) is 2.98. The maximum atomic E-state index is 13.0. The van der Waals surface area contributed by atoms with Crippen molar-refractivity contribution in [3.63, 3.8) is 0 Å². The third-order valence-electron chi connectivity index (χ3n) is 4.63. The normalized spacial score (nSPS) is 17.1. The van der Waals surface area contributed by atoms with Crippen LogP contribution < -0.4 is 10.3 Å². The van der Waals surface area contributed by atoms with Crippen molar-refractivity contribution in [2.75, 3.05) is 11.4 Å². The first kappa shape index (κ1) is 18.8. The molecule has 0 aromatic heterocycles. The van der Waals surface area contributed by atoms with Crippen molar-refractivity contribution in [2.45, 2.75) is 26.2 Å². The van der Waals surface area contributed by atoms with E-state index in [0.29, 0.717) is 11.6 Å². The summed E-state index contributed by atoms with van der Waals surface area (Å²) >= 11 is 0. The number of benzene rings is 2. The monoisotopic (exact) mass is 367 g/mol. The lowest BCUT2D eigenvalue weighted by atomic mass is 10.0. The molecule has 2 aromatic carbocycles. The minimum atomic E-state index is -0.483. The molecule has 1 aliphatic rings. The first-order valence-corrected chi connectivity index (χ1v) is 8.93. The number of amides is 2. The Morgan fingerprint density at radius 3 is 2.48 bits per heavy atom. The van der Waals surface area contributed by atoms with Crippen LogP contribution in [0.5, 0.6) is 0 Å². The van der Waals surface area contributed by atoms with E-state index in [2.05, 4.69) is 24.4 Å². The molecule has 1 atom stereocenters. The van der Waals surface area contributed by atoms with Crippen molar-refractivity contribution < 1.29 is 14.0 Å². The Hall–Kier alpha value is -3.02. The maximum Gasteiger partial charge on any atom is 0.245 e. The van der Waals surface area contributed by atoms with E-state index in [4.69, 9.17) is 0 Å². The predicted octanol–water partition coefficient (Wildman–Crippen LogP) is 3.45. The number of carbonyl (C=O) groups excluding carboxylic acids is 2. The molecule has 6 heteroatoms. The number of nitrogens with one attached hydrogen (secondary N) is 1. The number of rotatable bonds is 5. The summed E-state index contributed by atoms with van der Waals surface area (Å²) in [6, 6.07) is 13.6. The first-order valence-electron chi connectivity index (χ1n) is 8.93. The van der Waals surface area contributed by atoms with Gasteiger partial charge in [0.05, 0.1) is 12.1 Å². The second kappa shape index (κ2) is 8.12. The van der Waals surface area contributed by atoms with Crippen LogP contribution in [0, 0.1) is 11.7 Å². The van der Waals surface area contributed by atoms with Crippen molar-refractivity contribution in [1.29, 1.82) is 0 Å². The number of hydrogen-bond acceptors (Lipinski definition) is 3. The second-order valence-corrected chi connectivity index (χ2v) is 6.94. The van der Waals surface area contributed by atoms with Gasteiger partial charge in [-0.15, -0.1) is 0 Å². The highest BCUT2D eigenvalue weighted by molar-refractivity contribution is 6.00. The van der Waals surface area contributed by atoms with Gasteiger partial charge >= 0.3 is 0 Å². The molecule has 0 unspecified atom stereocenters. The van der Waals surface area contributed by atoms with E-state index < -0.39 is 5.92 Å². The Morgan fingerprint density at radius 1 is 1.19 bits per heavy atom. The molecular formula is C21H22FN3O2. The first-order chi connectivity index (χ1) is 12.9. The van der Waals surface area contributed by atoms with Gasteiger partial charge in [-0.25, -0.2) is 9.82 Å². The molecule has 1 N–H and O–H groups in total. The molecule has 2 aromatic rings. The molecule has 2 amide bonds. The summed E-state index contributed by atoms with van der Waals surface area (Å²) in [5.74, 6) is -0.851. The van der Waals surface area contributed by atoms with Gasteiger partial charge in [0.15, 0.2) is 0 Å². The molecule has 1 fully saturated rings. The van der Waals surface area contributed by atoms with Crippen LogP contribution in [0.4, 0.5) is 10.1 Å². The molecule has 140 valence electrons. The van der Waals surface area contributed by atoms with Gasteiger partial charge in [-0.3, -0.25) is 9.59 Å². The minimum Gasteiger partial charge on any atom is -0.312 e. The highest BCUT2D eigenvalue weighted by atomic mass is 19.1. The summed E-state index contributed by atoms with van der Waals surface area (Å²) in [6.07, 6.45) is 1.69. The third-order valence-corrected chi connectivity index (χ3v) is 4.63. The van der Waals surface area contributed by atoms with Crippen molar-refractivity contribution in [3.05, 3.63) is 65.5 Å². The summed E-state index contributed by atoms with van der Waals surface area (Å²) in [5, 5.41) is 3.99. The molecule has 0 spiro atoms. The van der Waals surface area contributed by atoms with Crippen molar-refractivity contribution in [2.24, 2.45) is 11.0 Å². The highest BCUT2D eigenvalue weighted by Gasteiger charge is 2.35. The number of anilines is 1. The van der Waals surface area contributed by atoms with Crippen molar-refractivity contribution in [1.82, 2.24) is 5.43 Å². The Bertz CT molecular complexity index is 845. The minimum absolute atomic E-state index is 0.113. The van der Waals surface area contributed by atoms with Crippen LogP contribution in [-0.4, -0.2) is 24.6 Å². The standard InChI is InChI=1S/C21H22FN3O2/c1-14(2)16-5-3-15(4-6-16)12-23-24-21(27)17-11-20(26)25(13-17)19-9-7-18(22)8-10-19/h3-10,12,14,17H,11,13H2,1-2H3,(H,24,27)/b23-12-/t17-/m0/s1. The molecule has 27 heavy (non-hydrogen) atoms. The Balaban J connectivity index is 1.57. The zero-order valence-electron chi connectivity index (χ0n) is 15.4. The molecule has 0 saturated carbocycles. The van der Waals surface area contributed by atoms with Crippen LogP contribution in [0.2, 0.25) is 0 Å². The lowest BCUT2D eigenvalue weighted by molar-refractivity contribution is -0.126. The van der Waals surface area contributed by atoms with Gasteiger partial charge in [0.1, 0.15) is 5.82 Å². The molecule has 0 aliphatic carbocycles. The van der Waals surface area contributed by atoms with Gasteiger partial charge in [-0.1, -0.05) is 38.1 Å². The van der Waals surface area contributed by atoms with E-state index in [0.717, 1.165) is 5.56 Å². The van der Waals surface area contributed by atoms with E-state index in [1.165, 1.54) is 34.7 Å². The summed E-state index contributed by atoms with van der Waals surface area (Å²) in [4.78, 5) is 26.0. The van der Waals surface area contributed by atoms with Gasteiger partial charge in [-0.2, -0.15) is 5.10 Å². The smallest absolute Gasteiger partial charge is 0.245 e. The topological polar surface area (TPSA) is 61.8 Å². The van der Waals surface area contributed by atoms with E-state index in [9.17, 15) is 14.0 Å². The fourth-order valence-corrected chi connectivity index (χ4v) is 2.98. The molecule has 1 heterocycles. The SMILES string of the molecule is CC(C)c1ccc(/C=N\NC(=O)[C@H]2CC(=O)N(c3ccc(F)cc3)C2)cc1. The molecule has 3 rings (SSSR count). The van der Waals surface area contributed by atoms with E-state index in [1.807, 2.05) is 24.3 Å². The Labute approximate surface area is 157 Å². The predicted molar refractivity (Wildman–Crippen MR) is 103 cm³/mol. The Kier molecular flexibility index (Phi) is 5.64. The summed E-state index contributed by atoms with van der Waals surface area (Å²) in [5.41, 5.74) is 5.21. The molecule has 0 bridgehead atoms. The fraction of sp³-hybridized carbons (Fsp3) is 0.286. The lowest BCUT2D eigenvalue weighted by Gasteiger charge is -2.16. The van der Waals surface area contributed by atoms with Crippen LogP contribution in [0.1, 0.15) is 37.3 Å². The quantitative estimate of drug-likeness (QED) is 0.650. The molecular weight excluding hydrogens is 345 g/mol. The van der Waals surface area contributed by atoms with Crippen LogP contribution in [0.15, 0.2) is 53.6 Å². The summed E-state index contributed by atoms with van der Waals surface area (Å²) in [6.45, 7) is 4.51. The zero-order chi connectivity index (χ0) is 19.4. The van der Waals surface area contributed by atoms with Crippen molar-refractivity contribution in [3.8, 4) is 0 Å². The summed E-state index contributed by atoms with van der Waals surface area (Å²) < 4.78 is 13.0. The lowest BCUT2D eigenvalue weighted by Crippen LogP contribution is -2.30. The van der Waals surface area contributed by atoms with Gasteiger partial charge in [0, 0.05) is 18.7 Å². The number of hydrazone groups is 1. The van der Waals surface area contributed by atoms with Crippen molar-refractivity contribution >= 4 is 23.7 Å². The van der Waals surface area contributed by atoms with Gasteiger partial charge in [0.25, 0.3) is 0 Å². The third kappa shape index (κ3) is 4.58. The zero-order valence-corrected chi connectivity index (χ0v) is 15.4.